The minimum absolute atomic E-state index is 0.116. The molecule has 108 valence electrons. The molecule has 0 fully saturated rings. The van der Waals surface area contributed by atoms with Crippen molar-refractivity contribution < 1.29 is 17.9 Å². The number of hydrogen-bond acceptors (Lipinski definition) is 4. The molecule has 1 rings (SSSR count). The Hall–Kier alpha value is -0.540. The summed E-state index contributed by atoms with van der Waals surface area (Å²) >= 11 is 3.06. The molecule has 0 spiro atoms. The summed E-state index contributed by atoms with van der Waals surface area (Å²) < 4.78 is 39.9. The minimum Gasteiger partial charge on any atom is -0.392 e. The number of sulfonamides is 1. The van der Waals surface area contributed by atoms with Gasteiger partial charge in [0.1, 0.15) is 10.7 Å². The van der Waals surface area contributed by atoms with Gasteiger partial charge in [-0.15, -0.1) is 0 Å². The fourth-order valence-corrected chi connectivity index (χ4v) is 2.78. The van der Waals surface area contributed by atoms with Crippen LogP contribution in [0.25, 0.3) is 0 Å². The van der Waals surface area contributed by atoms with E-state index in [1.807, 2.05) is 0 Å². The monoisotopic (exact) mass is 354 g/mol. The molecule has 0 bridgehead atoms. The normalized spacial score (nSPS) is 13.5. The van der Waals surface area contributed by atoms with Gasteiger partial charge in [-0.3, -0.25) is 0 Å². The van der Waals surface area contributed by atoms with Gasteiger partial charge in [0.05, 0.1) is 6.10 Å². The number of aliphatic hydroxyl groups is 1. The van der Waals surface area contributed by atoms with Crippen molar-refractivity contribution in [1.29, 1.82) is 0 Å². The van der Waals surface area contributed by atoms with Crippen LogP contribution in [0.15, 0.2) is 27.6 Å². The summed E-state index contributed by atoms with van der Waals surface area (Å²) in [6.45, 7) is 2.45. The molecule has 0 aliphatic heterocycles. The predicted molar refractivity (Wildman–Crippen MR) is 73.8 cm³/mol. The molecular formula is C11H16BrFN2O3S. The summed E-state index contributed by atoms with van der Waals surface area (Å²) in [6, 6.07) is 3.76. The smallest absolute Gasteiger partial charge is 0.243 e. The molecule has 0 amide bonds. The van der Waals surface area contributed by atoms with E-state index in [0.29, 0.717) is 17.6 Å². The van der Waals surface area contributed by atoms with Crippen molar-refractivity contribution in [3.8, 4) is 0 Å². The molecule has 1 atom stereocenters. The van der Waals surface area contributed by atoms with Crippen LogP contribution in [0.5, 0.6) is 0 Å². The van der Waals surface area contributed by atoms with Crippen LogP contribution in [0.2, 0.25) is 0 Å². The van der Waals surface area contributed by atoms with Gasteiger partial charge in [-0.1, -0.05) is 15.9 Å². The van der Waals surface area contributed by atoms with Crippen LogP contribution in [0.1, 0.15) is 6.92 Å². The molecule has 8 heteroatoms. The fraction of sp³-hybridized carbons (Fsp3) is 0.455. The van der Waals surface area contributed by atoms with Gasteiger partial charge in [0.25, 0.3) is 0 Å². The second-order valence-corrected chi connectivity index (χ2v) is 6.68. The summed E-state index contributed by atoms with van der Waals surface area (Å²) in [5.74, 6) is -0.807. The van der Waals surface area contributed by atoms with E-state index in [9.17, 15) is 12.8 Å². The van der Waals surface area contributed by atoms with Gasteiger partial charge in [-0.2, -0.15) is 0 Å². The Bertz CT molecular complexity index is 523. The van der Waals surface area contributed by atoms with E-state index in [1.165, 1.54) is 12.1 Å². The second kappa shape index (κ2) is 7.30. The van der Waals surface area contributed by atoms with Crippen LogP contribution in [0.3, 0.4) is 0 Å². The summed E-state index contributed by atoms with van der Waals surface area (Å²) in [4.78, 5) is -0.383. The highest BCUT2D eigenvalue weighted by atomic mass is 79.9. The zero-order valence-corrected chi connectivity index (χ0v) is 12.8. The molecule has 0 saturated heterocycles. The van der Waals surface area contributed by atoms with Gasteiger partial charge in [0.2, 0.25) is 10.0 Å². The van der Waals surface area contributed by atoms with Gasteiger partial charge in [-0.25, -0.2) is 17.5 Å². The maximum absolute atomic E-state index is 13.5. The standard InChI is InChI=1S/C11H16BrFN2O3S/c1-8(16)7-14-4-5-15-19(17,18)11-3-2-9(12)6-10(11)13/h2-3,6,8,14-16H,4-5,7H2,1H3. The summed E-state index contributed by atoms with van der Waals surface area (Å²) in [7, 11) is -3.86. The molecule has 0 aromatic heterocycles. The SMILES string of the molecule is CC(O)CNCCNS(=O)(=O)c1ccc(Br)cc1F. The third-order valence-electron chi connectivity index (χ3n) is 2.22. The predicted octanol–water partition coefficient (Wildman–Crippen LogP) is 0.837. The molecule has 19 heavy (non-hydrogen) atoms. The first-order chi connectivity index (χ1) is 8.83. The molecule has 1 aromatic carbocycles. The molecule has 0 radical (unpaired) electrons. The highest BCUT2D eigenvalue weighted by Gasteiger charge is 2.18. The highest BCUT2D eigenvalue weighted by molar-refractivity contribution is 9.10. The average molecular weight is 355 g/mol. The second-order valence-electron chi connectivity index (χ2n) is 4.03. The number of benzene rings is 1. The molecule has 0 aliphatic rings. The van der Waals surface area contributed by atoms with E-state index < -0.39 is 21.9 Å². The molecule has 3 N–H and O–H groups in total. The van der Waals surface area contributed by atoms with Gasteiger partial charge in [-0.05, 0) is 25.1 Å². The third kappa shape index (κ3) is 5.53. The summed E-state index contributed by atoms with van der Waals surface area (Å²) in [5.41, 5.74) is 0. The van der Waals surface area contributed by atoms with Crippen LogP contribution in [0.4, 0.5) is 4.39 Å². The highest BCUT2D eigenvalue weighted by Crippen LogP contribution is 2.18. The van der Waals surface area contributed by atoms with Crippen molar-refractivity contribution in [2.75, 3.05) is 19.6 Å². The van der Waals surface area contributed by atoms with Crippen LogP contribution in [0, 0.1) is 5.82 Å². The molecule has 1 unspecified atom stereocenters. The van der Waals surface area contributed by atoms with Crippen molar-refractivity contribution in [1.82, 2.24) is 10.0 Å². The molecule has 0 heterocycles. The zero-order chi connectivity index (χ0) is 14.5. The number of halogens is 2. The van der Waals surface area contributed by atoms with E-state index in [1.54, 1.807) is 6.92 Å². The van der Waals surface area contributed by atoms with Crippen molar-refractivity contribution >= 4 is 26.0 Å². The topological polar surface area (TPSA) is 78.4 Å². The lowest BCUT2D eigenvalue weighted by molar-refractivity contribution is 0.192. The Labute approximate surface area is 120 Å². The number of aliphatic hydroxyl groups excluding tert-OH is 1. The molecule has 0 saturated carbocycles. The minimum atomic E-state index is -3.86. The maximum atomic E-state index is 13.5. The maximum Gasteiger partial charge on any atom is 0.243 e. The third-order valence-corrected chi connectivity index (χ3v) is 4.20. The first-order valence-electron chi connectivity index (χ1n) is 5.66. The quantitative estimate of drug-likeness (QED) is 0.634. The van der Waals surface area contributed by atoms with E-state index in [2.05, 4.69) is 26.0 Å². The number of rotatable bonds is 7. The van der Waals surface area contributed by atoms with Crippen LogP contribution >= 0.6 is 15.9 Å². The van der Waals surface area contributed by atoms with Gasteiger partial charge in [0.15, 0.2) is 0 Å². The van der Waals surface area contributed by atoms with Gasteiger partial charge >= 0.3 is 0 Å². The average Bonchev–Trinajstić information content (AvgIpc) is 2.27. The Morgan fingerprint density at radius 3 is 2.68 bits per heavy atom. The van der Waals surface area contributed by atoms with Crippen LogP contribution in [-0.2, 0) is 10.0 Å². The van der Waals surface area contributed by atoms with Crippen molar-refractivity contribution in [2.24, 2.45) is 0 Å². The first-order valence-corrected chi connectivity index (χ1v) is 7.94. The first kappa shape index (κ1) is 16.5. The van der Waals surface area contributed by atoms with Crippen molar-refractivity contribution in [3.05, 3.63) is 28.5 Å². The Morgan fingerprint density at radius 2 is 2.11 bits per heavy atom. The lowest BCUT2D eigenvalue weighted by atomic mass is 10.3. The van der Waals surface area contributed by atoms with Crippen LogP contribution < -0.4 is 10.0 Å². The zero-order valence-electron chi connectivity index (χ0n) is 10.4. The lowest BCUT2D eigenvalue weighted by Gasteiger charge is -2.09. The molecule has 0 aliphatic carbocycles. The van der Waals surface area contributed by atoms with E-state index in [-0.39, 0.29) is 11.4 Å². The van der Waals surface area contributed by atoms with Gasteiger partial charge in [0, 0.05) is 24.1 Å². The molecular weight excluding hydrogens is 339 g/mol. The Kier molecular flexibility index (Phi) is 6.34. The number of nitrogens with one attached hydrogen (secondary N) is 2. The summed E-state index contributed by atoms with van der Waals surface area (Å²) in [5, 5.41) is 11.9. The largest absolute Gasteiger partial charge is 0.392 e. The van der Waals surface area contributed by atoms with Crippen molar-refractivity contribution in [3.63, 3.8) is 0 Å². The van der Waals surface area contributed by atoms with Gasteiger partial charge < -0.3 is 10.4 Å². The fourth-order valence-electron chi connectivity index (χ4n) is 1.36. The van der Waals surface area contributed by atoms with Crippen LogP contribution in [-0.4, -0.2) is 39.3 Å². The lowest BCUT2D eigenvalue weighted by Crippen LogP contribution is -2.34. The summed E-state index contributed by atoms with van der Waals surface area (Å²) in [6.07, 6.45) is -0.500. The molecule has 5 nitrogen and oxygen atoms in total. The van der Waals surface area contributed by atoms with E-state index in [0.717, 1.165) is 6.07 Å². The molecule has 1 aromatic rings. The van der Waals surface area contributed by atoms with E-state index >= 15 is 0 Å². The number of hydrogen-bond donors (Lipinski definition) is 3. The Morgan fingerprint density at radius 1 is 1.42 bits per heavy atom. The van der Waals surface area contributed by atoms with Crippen molar-refractivity contribution in [2.45, 2.75) is 17.9 Å². The Balaban J connectivity index is 2.56. The van der Waals surface area contributed by atoms with E-state index in [4.69, 9.17) is 5.11 Å².